The number of hydrogen-bond donors (Lipinski definition) is 0. The monoisotopic (exact) mass is 201 g/mol. The first-order valence-electron chi connectivity index (χ1n) is 5.31. The van der Waals surface area contributed by atoms with Crippen LogP contribution in [0.2, 0.25) is 0 Å². The van der Waals surface area contributed by atoms with Crippen molar-refractivity contribution in [2.24, 2.45) is 5.92 Å². The van der Waals surface area contributed by atoms with Gasteiger partial charge in [-0.3, -0.25) is 0 Å². The van der Waals surface area contributed by atoms with Crippen LogP contribution in [-0.4, -0.2) is 18.1 Å². The Hall–Kier alpha value is -1.56. The molecule has 3 heteroatoms. The third-order valence-electron chi connectivity index (χ3n) is 3.18. The first-order valence-corrected chi connectivity index (χ1v) is 5.31. The van der Waals surface area contributed by atoms with Crippen molar-refractivity contribution < 1.29 is 0 Å². The van der Waals surface area contributed by atoms with Gasteiger partial charge in [0.15, 0.2) is 0 Å². The Labute approximate surface area is 90.4 Å². The predicted molar refractivity (Wildman–Crippen MR) is 59.5 cm³/mol. The molecule has 78 valence electrons. The Kier molecular flexibility index (Phi) is 2.59. The molecule has 1 aliphatic carbocycles. The fraction of sp³-hybridized carbons (Fsp3) is 0.500. The number of nitriles is 1. The van der Waals surface area contributed by atoms with Crippen molar-refractivity contribution in [2.45, 2.75) is 25.8 Å². The number of pyridine rings is 1. The summed E-state index contributed by atoms with van der Waals surface area (Å²) in [7, 11) is 2.08. The molecule has 1 unspecified atom stereocenters. The molecule has 1 aromatic rings. The van der Waals surface area contributed by atoms with Crippen molar-refractivity contribution >= 4 is 5.69 Å². The number of nitrogens with zero attached hydrogens (tertiary/aromatic N) is 3. The van der Waals surface area contributed by atoms with Gasteiger partial charge < -0.3 is 4.90 Å². The van der Waals surface area contributed by atoms with E-state index in [0.29, 0.717) is 11.7 Å². The highest BCUT2D eigenvalue weighted by molar-refractivity contribution is 5.49. The Morgan fingerprint density at radius 3 is 2.93 bits per heavy atom. The van der Waals surface area contributed by atoms with Gasteiger partial charge in [-0.2, -0.15) is 5.26 Å². The molecule has 0 bridgehead atoms. The molecule has 1 fully saturated rings. The van der Waals surface area contributed by atoms with E-state index in [4.69, 9.17) is 5.26 Å². The van der Waals surface area contributed by atoms with Crippen LogP contribution in [0.4, 0.5) is 5.69 Å². The van der Waals surface area contributed by atoms with Crippen LogP contribution in [0, 0.1) is 17.2 Å². The Morgan fingerprint density at radius 1 is 1.60 bits per heavy atom. The van der Waals surface area contributed by atoms with Gasteiger partial charge in [0.2, 0.25) is 0 Å². The first-order chi connectivity index (χ1) is 7.22. The number of aromatic nitrogens is 1. The Bertz CT molecular complexity index is 390. The minimum atomic E-state index is 0.488. The molecule has 0 aromatic carbocycles. The Balaban J connectivity index is 2.17. The lowest BCUT2D eigenvalue weighted by Gasteiger charge is -2.26. The molecule has 1 saturated carbocycles. The second kappa shape index (κ2) is 3.90. The van der Waals surface area contributed by atoms with Crippen molar-refractivity contribution in [3.63, 3.8) is 0 Å². The van der Waals surface area contributed by atoms with E-state index in [2.05, 4.69) is 29.9 Å². The zero-order chi connectivity index (χ0) is 10.8. The number of hydrogen-bond acceptors (Lipinski definition) is 3. The maximum Gasteiger partial charge on any atom is 0.142 e. The van der Waals surface area contributed by atoms with Gasteiger partial charge in [0.05, 0.1) is 0 Å². The summed E-state index contributed by atoms with van der Waals surface area (Å²) in [4.78, 5) is 6.21. The summed E-state index contributed by atoms with van der Waals surface area (Å²) >= 11 is 0. The summed E-state index contributed by atoms with van der Waals surface area (Å²) < 4.78 is 0. The molecule has 0 radical (unpaired) electrons. The topological polar surface area (TPSA) is 39.9 Å². The molecule has 0 N–H and O–H groups in total. The van der Waals surface area contributed by atoms with E-state index >= 15 is 0 Å². The SMILES string of the molecule is CC(C1CC1)N(C)c1ccnc(C#N)c1. The lowest BCUT2D eigenvalue weighted by atomic mass is 10.1. The van der Waals surface area contributed by atoms with E-state index in [1.165, 1.54) is 12.8 Å². The molecular formula is C12H15N3. The summed E-state index contributed by atoms with van der Waals surface area (Å²) in [5, 5.41) is 8.77. The standard InChI is InChI=1S/C12H15N3/c1-9(10-3-4-10)15(2)12-5-6-14-11(7-12)8-13/h5-7,9-10H,3-4H2,1-2H3. The minimum absolute atomic E-state index is 0.488. The van der Waals surface area contributed by atoms with E-state index in [9.17, 15) is 0 Å². The van der Waals surface area contributed by atoms with Crippen LogP contribution in [-0.2, 0) is 0 Å². The van der Waals surface area contributed by atoms with Crippen LogP contribution in [0.5, 0.6) is 0 Å². The van der Waals surface area contributed by atoms with E-state index in [1.54, 1.807) is 6.20 Å². The van der Waals surface area contributed by atoms with E-state index < -0.39 is 0 Å². The average Bonchev–Trinajstić information content (AvgIpc) is 3.11. The smallest absolute Gasteiger partial charge is 0.142 e. The molecule has 1 heterocycles. The van der Waals surface area contributed by atoms with E-state index in [1.807, 2.05) is 12.1 Å². The highest BCUT2D eigenvalue weighted by Crippen LogP contribution is 2.36. The van der Waals surface area contributed by atoms with Crippen molar-refractivity contribution in [3.8, 4) is 6.07 Å². The third kappa shape index (κ3) is 2.10. The second-order valence-corrected chi connectivity index (χ2v) is 4.20. The van der Waals surface area contributed by atoms with Crippen LogP contribution >= 0.6 is 0 Å². The fourth-order valence-electron chi connectivity index (χ4n) is 1.83. The fourth-order valence-corrected chi connectivity index (χ4v) is 1.83. The highest BCUT2D eigenvalue weighted by Gasteiger charge is 2.30. The van der Waals surface area contributed by atoms with Crippen LogP contribution in [0.15, 0.2) is 18.3 Å². The van der Waals surface area contributed by atoms with Gasteiger partial charge in [-0.1, -0.05) is 0 Å². The van der Waals surface area contributed by atoms with Gasteiger partial charge in [-0.15, -0.1) is 0 Å². The van der Waals surface area contributed by atoms with Gasteiger partial charge in [-0.05, 0) is 37.8 Å². The molecule has 3 nitrogen and oxygen atoms in total. The van der Waals surface area contributed by atoms with Crippen molar-refractivity contribution in [1.82, 2.24) is 4.98 Å². The molecule has 1 aromatic heterocycles. The maximum absolute atomic E-state index is 8.77. The second-order valence-electron chi connectivity index (χ2n) is 4.20. The molecule has 1 aliphatic rings. The zero-order valence-corrected chi connectivity index (χ0v) is 9.14. The van der Waals surface area contributed by atoms with Gasteiger partial charge in [0.1, 0.15) is 11.8 Å². The van der Waals surface area contributed by atoms with Crippen LogP contribution in [0.1, 0.15) is 25.5 Å². The molecule has 1 atom stereocenters. The van der Waals surface area contributed by atoms with Crippen LogP contribution in [0.25, 0.3) is 0 Å². The average molecular weight is 201 g/mol. The van der Waals surface area contributed by atoms with E-state index in [0.717, 1.165) is 11.6 Å². The summed E-state index contributed by atoms with van der Waals surface area (Å²) in [6.07, 6.45) is 4.37. The molecular weight excluding hydrogens is 186 g/mol. The molecule has 0 amide bonds. The van der Waals surface area contributed by atoms with Crippen molar-refractivity contribution in [2.75, 3.05) is 11.9 Å². The van der Waals surface area contributed by atoms with Gasteiger partial charge >= 0.3 is 0 Å². The summed E-state index contributed by atoms with van der Waals surface area (Å²) in [5.74, 6) is 0.828. The van der Waals surface area contributed by atoms with Gasteiger partial charge in [0, 0.05) is 25.0 Å². The van der Waals surface area contributed by atoms with Crippen molar-refractivity contribution in [1.29, 1.82) is 5.26 Å². The molecule has 2 rings (SSSR count). The van der Waals surface area contributed by atoms with Crippen LogP contribution < -0.4 is 4.90 Å². The molecule has 15 heavy (non-hydrogen) atoms. The Morgan fingerprint density at radius 2 is 2.33 bits per heavy atom. The first kappa shape index (κ1) is 9.97. The maximum atomic E-state index is 8.77. The van der Waals surface area contributed by atoms with Crippen molar-refractivity contribution in [3.05, 3.63) is 24.0 Å². The predicted octanol–water partition coefficient (Wildman–Crippen LogP) is 2.19. The lowest BCUT2D eigenvalue weighted by molar-refractivity contribution is 0.609. The van der Waals surface area contributed by atoms with E-state index in [-0.39, 0.29) is 0 Å². The summed E-state index contributed by atoms with van der Waals surface area (Å²) in [6, 6.07) is 6.43. The largest absolute Gasteiger partial charge is 0.371 e. The number of anilines is 1. The highest BCUT2D eigenvalue weighted by atomic mass is 15.1. The lowest BCUT2D eigenvalue weighted by Crippen LogP contribution is -2.30. The normalized spacial score (nSPS) is 16.9. The molecule has 0 saturated heterocycles. The summed E-state index contributed by atoms with van der Waals surface area (Å²) in [5.41, 5.74) is 1.57. The van der Waals surface area contributed by atoms with Crippen LogP contribution in [0.3, 0.4) is 0 Å². The zero-order valence-electron chi connectivity index (χ0n) is 9.14. The van der Waals surface area contributed by atoms with Gasteiger partial charge in [0.25, 0.3) is 0 Å². The summed E-state index contributed by atoms with van der Waals surface area (Å²) in [6.45, 7) is 2.24. The third-order valence-corrected chi connectivity index (χ3v) is 3.18. The van der Waals surface area contributed by atoms with Gasteiger partial charge in [-0.25, -0.2) is 4.98 Å². The molecule has 0 aliphatic heterocycles. The number of rotatable bonds is 3. The minimum Gasteiger partial charge on any atom is -0.371 e. The quantitative estimate of drug-likeness (QED) is 0.752. The molecule has 0 spiro atoms.